The molecule has 1 N–H and O–H groups in total. The minimum absolute atomic E-state index is 0.0633. The summed E-state index contributed by atoms with van der Waals surface area (Å²) in [6.45, 7) is 3.83. The number of methoxy groups -OCH3 is 2. The summed E-state index contributed by atoms with van der Waals surface area (Å²) < 4.78 is 36.7. The highest BCUT2D eigenvalue weighted by molar-refractivity contribution is 7.89. The Hall–Kier alpha value is -1.53. The third-order valence-corrected chi connectivity index (χ3v) is 3.78. The van der Waals surface area contributed by atoms with E-state index in [4.69, 9.17) is 9.47 Å². The lowest BCUT2D eigenvalue weighted by Gasteiger charge is -2.11. The quantitative estimate of drug-likeness (QED) is 0.604. The first-order valence-electron chi connectivity index (χ1n) is 5.37. The molecule has 0 radical (unpaired) electrons. The zero-order chi connectivity index (χ0) is 13.6. The van der Waals surface area contributed by atoms with E-state index in [9.17, 15) is 8.42 Å². The van der Waals surface area contributed by atoms with Gasteiger partial charge in [0, 0.05) is 12.6 Å². The second-order valence-electron chi connectivity index (χ2n) is 3.49. The Bertz CT molecular complexity index is 511. The fraction of sp³-hybridized carbons (Fsp3) is 0.333. The second kappa shape index (κ2) is 6.42. The molecule has 0 heterocycles. The number of ether oxygens (including phenoxy) is 2. The lowest BCUT2D eigenvalue weighted by Crippen LogP contribution is -2.25. The van der Waals surface area contributed by atoms with Gasteiger partial charge in [-0.05, 0) is 18.6 Å². The van der Waals surface area contributed by atoms with Crippen LogP contribution >= 0.6 is 0 Å². The van der Waals surface area contributed by atoms with Gasteiger partial charge in [-0.3, -0.25) is 0 Å². The van der Waals surface area contributed by atoms with Crippen molar-refractivity contribution >= 4 is 10.0 Å². The van der Waals surface area contributed by atoms with E-state index in [-0.39, 0.29) is 10.6 Å². The number of sulfonamides is 1. The van der Waals surface area contributed by atoms with Crippen LogP contribution in [0, 0.1) is 0 Å². The molecule has 0 amide bonds. The van der Waals surface area contributed by atoms with E-state index >= 15 is 0 Å². The molecule has 1 aromatic rings. The van der Waals surface area contributed by atoms with E-state index in [2.05, 4.69) is 11.3 Å². The third kappa shape index (κ3) is 3.48. The molecule has 18 heavy (non-hydrogen) atoms. The summed E-state index contributed by atoms with van der Waals surface area (Å²) in [4.78, 5) is 0.0633. The summed E-state index contributed by atoms with van der Waals surface area (Å²) >= 11 is 0. The Labute approximate surface area is 107 Å². The van der Waals surface area contributed by atoms with Crippen LogP contribution in [-0.4, -0.2) is 29.2 Å². The molecule has 0 atom stereocenters. The van der Waals surface area contributed by atoms with Gasteiger partial charge in [0.2, 0.25) is 10.0 Å². The maximum Gasteiger partial charge on any atom is 0.244 e. The van der Waals surface area contributed by atoms with E-state index in [0.29, 0.717) is 18.7 Å². The summed E-state index contributed by atoms with van der Waals surface area (Å²) in [6.07, 6.45) is 2.21. The Morgan fingerprint density at radius 2 is 2.06 bits per heavy atom. The summed E-state index contributed by atoms with van der Waals surface area (Å²) in [6, 6.07) is 4.62. The highest BCUT2D eigenvalue weighted by atomic mass is 32.2. The van der Waals surface area contributed by atoms with Gasteiger partial charge >= 0.3 is 0 Å². The van der Waals surface area contributed by atoms with Gasteiger partial charge in [-0.25, -0.2) is 13.1 Å². The Balaban J connectivity index is 3.08. The molecule has 0 saturated carbocycles. The van der Waals surface area contributed by atoms with E-state index in [0.717, 1.165) is 0 Å². The summed E-state index contributed by atoms with van der Waals surface area (Å²) in [5.74, 6) is 0.738. The standard InChI is InChI=1S/C12H17NO4S/c1-4-5-8-13-18(14,15)12-9-10(16-2)6-7-11(12)17-3/h4,6-7,9,13H,1,5,8H2,2-3H3. The molecule has 5 nitrogen and oxygen atoms in total. The molecular formula is C12H17NO4S. The molecule has 0 saturated heterocycles. The van der Waals surface area contributed by atoms with E-state index in [1.165, 1.54) is 20.3 Å². The van der Waals surface area contributed by atoms with E-state index in [1.54, 1.807) is 18.2 Å². The number of hydrogen-bond donors (Lipinski definition) is 1. The van der Waals surface area contributed by atoms with Crippen LogP contribution in [0.2, 0.25) is 0 Å². The average molecular weight is 271 g/mol. The van der Waals surface area contributed by atoms with E-state index in [1.807, 2.05) is 0 Å². The SMILES string of the molecule is C=CCCNS(=O)(=O)c1cc(OC)ccc1OC. The number of rotatable bonds is 7. The first-order valence-corrected chi connectivity index (χ1v) is 6.86. The van der Waals surface area contributed by atoms with Crippen LogP contribution in [0.5, 0.6) is 11.5 Å². The van der Waals surface area contributed by atoms with Crippen molar-refractivity contribution in [3.8, 4) is 11.5 Å². The van der Waals surface area contributed by atoms with Crippen LogP contribution < -0.4 is 14.2 Å². The Morgan fingerprint density at radius 3 is 2.61 bits per heavy atom. The van der Waals surface area contributed by atoms with Crippen molar-refractivity contribution in [1.29, 1.82) is 0 Å². The van der Waals surface area contributed by atoms with Gasteiger partial charge in [-0.15, -0.1) is 6.58 Å². The predicted molar refractivity (Wildman–Crippen MR) is 69.5 cm³/mol. The average Bonchev–Trinajstić information content (AvgIpc) is 2.38. The smallest absolute Gasteiger partial charge is 0.244 e. The lowest BCUT2D eigenvalue weighted by atomic mass is 10.3. The number of nitrogens with one attached hydrogen (secondary N) is 1. The first kappa shape index (κ1) is 14.5. The molecule has 0 fully saturated rings. The van der Waals surface area contributed by atoms with Crippen molar-refractivity contribution in [2.24, 2.45) is 0 Å². The molecule has 0 aliphatic rings. The van der Waals surface area contributed by atoms with Gasteiger partial charge in [-0.2, -0.15) is 0 Å². The minimum Gasteiger partial charge on any atom is -0.497 e. The van der Waals surface area contributed by atoms with Gasteiger partial charge in [-0.1, -0.05) is 6.08 Å². The molecule has 6 heteroatoms. The highest BCUT2D eigenvalue weighted by Gasteiger charge is 2.19. The fourth-order valence-corrected chi connectivity index (χ4v) is 2.60. The second-order valence-corrected chi connectivity index (χ2v) is 5.23. The maximum atomic E-state index is 12.1. The van der Waals surface area contributed by atoms with Gasteiger partial charge in [0.15, 0.2) is 0 Å². The van der Waals surface area contributed by atoms with Crippen molar-refractivity contribution in [1.82, 2.24) is 4.72 Å². The topological polar surface area (TPSA) is 64.6 Å². The number of hydrogen-bond acceptors (Lipinski definition) is 4. The third-order valence-electron chi connectivity index (χ3n) is 2.30. The zero-order valence-corrected chi connectivity index (χ0v) is 11.3. The molecule has 0 unspecified atom stereocenters. The molecule has 100 valence electrons. The maximum absolute atomic E-state index is 12.1. The zero-order valence-electron chi connectivity index (χ0n) is 10.5. The summed E-state index contributed by atoms with van der Waals surface area (Å²) in [5.41, 5.74) is 0. The summed E-state index contributed by atoms with van der Waals surface area (Å²) in [5, 5.41) is 0. The van der Waals surface area contributed by atoms with Gasteiger partial charge in [0.05, 0.1) is 14.2 Å². The fourth-order valence-electron chi connectivity index (χ4n) is 1.37. The van der Waals surface area contributed by atoms with Crippen LogP contribution in [0.25, 0.3) is 0 Å². The monoisotopic (exact) mass is 271 g/mol. The van der Waals surface area contributed by atoms with Crippen LogP contribution in [0.1, 0.15) is 6.42 Å². The van der Waals surface area contributed by atoms with Gasteiger partial charge in [0.25, 0.3) is 0 Å². The van der Waals surface area contributed by atoms with Crippen molar-refractivity contribution < 1.29 is 17.9 Å². The molecule has 1 aromatic carbocycles. The molecule has 0 aliphatic carbocycles. The Morgan fingerprint density at radius 1 is 1.33 bits per heavy atom. The molecule has 0 spiro atoms. The van der Waals surface area contributed by atoms with Crippen molar-refractivity contribution in [2.75, 3.05) is 20.8 Å². The molecule has 0 aromatic heterocycles. The Kier molecular flexibility index (Phi) is 5.18. The predicted octanol–water partition coefficient (Wildman–Crippen LogP) is 1.56. The van der Waals surface area contributed by atoms with Crippen LogP contribution in [-0.2, 0) is 10.0 Å². The van der Waals surface area contributed by atoms with Crippen LogP contribution in [0.3, 0.4) is 0 Å². The molecule has 1 rings (SSSR count). The van der Waals surface area contributed by atoms with Crippen LogP contribution in [0.15, 0.2) is 35.7 Å². The van der Waals surface area contributed by atoms with E-state index < -0.39 is 10.0 Å². The lowest BCUT2D eigenvalue weighted by molar-refractivity contribution is 0.392. The van der Waals surface area contributed by atoms with Crippen LogP contribution in [0.4, 0.5) is 0 Å². The summed E-state index contributed by atoms with van der Waals surface area (Å²) in [7, 11) is -0.714. The van der Waals surface area contributed by atoms with Crippen molar-refractivity contribution in [2.45, 2.75) is 11.3 Å². The first-order chi connectivity index (χ1) is 8.55. The van der Waals surface area contributed by atoms with Crippen molar-refractivity contribution in [3.63, 3.8) is 0 Å². The normalized spacial score (nSPS) is 11.0. The molecule has 0 bridgehead atoms. The number of benzene rings is 1. The van der Waals surface area contributed by atoms with Gasteiger partial charge < -0.3 is 9.47 Å². The molecular weight excluding hydrogens is 254 g/mol. The van der Waals surface area contributed by atoms with Gasteiger partial charge in [0.1, 0.15) is 16.4 Å². The largest absolute Gasteiger partial charge is 0.497 e. The minimum atomic E-state index is -3.61. The van der Waals surface area contributed by atoms with Crippen molar-refractivity contribution in [3.05, 3.63) is 30.9 Å². The highest BCUT2D eigenvalue weighted by Crippen LogP contribution is 2.27. The molecule has 0 aliphatic heterocycles.